The molecule has 2 heterocycles. The largest absolute Gasteiger partial charge is 0.337 e. The van der Waals surface area contributed by atoms with Crippen molar-refractivity contribution in [3.8, 4) is 11.4 Å². The highest BCUT2D eigenvalue weighted by Gasteiger charge is 2.29. The normalized spacial score (nSPS) is 13.4. The molecule has 2 aromatic carbocycles. The summed E-state index contributed by atoms with van der Waals surface area (Å²) in [7, 11) is 0. The van der Waals surface area contributed by atoms with Crippen molar-refractivity contribution in [2.75, 3.05) is 4.90 Å². The van der Waals surface area contributed by atoms with E-state index in [0.29, 0.717) is 23.7 Å². The topological polar surface area (TPSA) is 59.2 Å². The highest BCUT2D eigenvalue weighted by atomic mass is 79.9. The van der Waals surface area contributed by atoms with Gasteiger partial charge < -0.3 is 9.42 Å². The average molecular weight is 388 g/mol. The van der Waals surface area contributed by atoms with Gasteiger partial charge in [-0.3, -0.25) is 4.79 Å². The van der Waals surface area contributed by atoms with Gasteiger partial charge in [0.15, 0.2) is 0 Å². The highest BCUT2D eigenvalue weighted by molar-refractivity contribution is 9.10. The van der Waals surface area contributed by atoms with Gasteiger partial charge in [-0.2, -0.15) is 4.98 Å². The fourth-order valence-electron chi connectivity index (χ4n) is 2.72. The van der Waals surface area contributed by atoms with Crippen LogP contribution in [-0.4, -0.2) is 16.0 Å². The third kappa shape index (κ3) is 2.71. The zero-order chi connectivity index (χ0) is 16.7. The second-order valence-electron chi connectivity index (χ2n) is 5.45. The van der Waals surface area contributed by atoms with Gasteiger partial charge >= 0.3 is 0 Å². The van der Waals surface area contributed by atoms with Gasteiger partial charge in [-0.05, 0) is 35.9 Å². The lowest BCUT2D eigenvalue weighted by Crippen LogP contribution is -2.26. The van der Waals surface area contributed by atoms with E-state index in [9.17, 15) is 9.18 Å². The number of aromatic nitrogens is 2. The van der Waals surface area contributed by atoms with E-state index < -0.39 is 0 Å². The van der Waals surface area contributed by atoms with E-state index in [1.54, 1.807) is 17.0 Å². The second kappa shape index (κ2) is 5.83. The summed E-state index contributed by atoms with van der Waals surface area (Å²) >= 11 is 3.41. The third-order valence-electron chi connectivity index (χ3n) is 3.82. The molecule has 0 spiro atoms. The molecule has 5 nitrogen and oxygen atoms in total. The summed E-state index contributed by atoms with van der Waals surface area (Å²) in [6.07, 6.45) is 0.347. The van der Waals surface area contributed by atoms with Crippen LogP contribution in [0.4, 0.5) is 10.1 Å². The number of rotatable bonds is 3. The van der Waals surface area contributed by atoms with Crippen molar-refractivity contribution in [2.45, 2.75) is 13.0 Å². The zero-order valence-electron chi connectivity index (χ0n) is 12.4. The van der Waals surface area contributed by atoms with Crippen LogP contribution in [-0.2, 0) is 17.8 Å². The van der Waals surface area contributed by atoms with Gasteiger partial charge in [-0.1, -0.05) is 33.2 Å². The maximum atomic E-state index is 13.3. The van der Waals surface area contributed by atoms with Crippen molar-refractivity contribution in [3.63, 3.8) is 0 Å². The maximum absolute atomic E-state index is 13.3. The highest BCUT2D eigenvalue weighted by Crippen LogP contribution is 2.32. The van der Waals surface area contributed by atoms with Crippen LogP contribution >= 0.6 is 15.9 Å². The Morgan fingerprint density at radius 1 is 1.25 bits per heavy atom. The van der Waals surface area contributed by atoms with E-state index in [-0.39, 0.29) is 18.3 Å². The van der Waals surface area contributed by atoms with Crippen LogP contribution in [0.25, 0.3) is 11.4 Å². The Kier molecular flexibility index (Phi) is 3.65. The standard InChI is InChI=1S/C17H11BrFN3O2/c18-12-4-5-14-11(6-12)8-16(23)22(14)9-15-20-17(21-24-15)10-2-1-3-13(19)7-10/h1-7H,8-9H2. The molecule has 0 aliphatic carbocycles. The average Bonchev–Trinajstić information content (AvgIpc) is 3.13. The van der Waals surface area contributed by atoms with Gasteiger partial charge in [0.25, 0.3) is 0 Å². The number of nitrogens with zero attached hydrogens (tertiary/aromatic N) is 3. The number of halogens is 2. The van der Waals surface area contributed by atoms with Crippen molar-refractivity contribution in [1.29, 1.82) is 0 Å². The van der Waals surface area contributed by atoms with Gasteiger partial charge in [-0.15, -0.1) is 0 Å². The lowest BCUT2D eigenvalue weighted by molar-refractivity contribution is -0.117. The molecule has 4 rings (SSSR count). The Labute approximate surface area is 145 Å². The molecule has 3 aromatic rings. The van der Waals surface area contributed by atoms with Gasteiger partial charge in [0.2, 0.25) is 17.6 Å². The zero-order valence-corrected chi connectivity index (χ0v) is 14.0. The van der Waals surface area contributed by atoms with Crippen molar-refractivity contribution in [1.82, 2.24) is 10.1 Å². The molecule has 0 atom stereocenters. The van der Waals surface area contributed by atoms with Crippen LogP contribution in [0, 0.1) is 5.82 Å². The molecule has 0 saturated carbocycles. The molecular formula is C17H11BrFN3O2. The lowest BCUT2D eigenvalue weighted by Gasteiger charge is -2.14. The van der Waals surface area contributed by atoms with Crippen LogP contribution in [0.2, 0.25) is 0 Å². The lowest BCUT2D eigenvalue weighted by atomic mass is 10.2. The van der Waals surface area contributed by atoms with Crippen LogP contribution in [0.5, 0.6) is 0 Å². The van der Waals surface area contributed by atoms with E-state index in [4.69, 9.17) is 4.52 Å². The number of amides is 1. The first-order chi connectivity index (χ1) is 11.6. The molecule has 0 unspecified atom stereocenters. The van der Waals surface area contributed by atoms with Crippen LogP contribution in [0.15, 0.2) is 51.5 Å². The van der Waals surface area contributed by atoms with Gasteiger partial charge in [-0.25, -0.2) is 4.39 Å². The Morgan fingerprint density at radius 3 is 2.96 bits per heavy atom. The minimum absolute atomic E-state index is 0.0198. The fraction of sp³-hybridized carbons (Fsp3) is 0.118. The van der Waals surface area contributed by atoms with E-state index in [1.807, 2.05) is 18.2 Å². The monoisotopic (exact) mass is 387 g/mol. The number of hydrogen-bond acceptors (Lipinski definition) is 4. The van der Waals surface area contributed by atoms with Crippen LogP contribution in [0.1, 0.15) is 11.5 Å². The molecule has 0 saturated heterocycles. The number of anilines is 1. The summed E-state index contributed by atoms with van der Waals surface area (Å²) < 4.78 is 19.4. The molecule has 7 heteroatoms. The molecule has 0 radical (unpaired) electrons. The minimum atomic E-state index is -0.368. The van der Waals surface area contributed by atoms with Crippen molar-refractivity contribution in [3.05, 3.63) is 64.2 Å². The summed E-state index contributed by atoms with van der Waals surface area (Å²) in [6, 6.07) is 11.7. The Bertz CT molecular complexity index is 941. The van der Waals surface area contributed by atoms with Crippen LogP contribution in [0.3, 0.4) is 0 Å². The summed E-state index contributed by atoms with van der Waals surface area (Å²) in [5.41, 5.74) is 2.33. The van der Waals surface area contributed by atoms with Crippen molar-refractivity contribution < 1.29 is 13.7 Å². The number of fused-ring (bicyclic) bond motifs is 1. The van der Waals surface area contributed by atoms with E-state index in [2.05, 4.69) is 26.1 Å². The van der Waals surface area contributed by atoms with Gasteiger partial charge in [0.1, 0.15) is 12.4 Å². The van der Waals surface area contributed by atoms with Crippen molar-refractivity contribution in [2.24, 2.45) is 0 Å². The van der Waals surface area contributed by atoms with Crippen molar-refractivity contribution >= 4 is 27.5 Å². The first-order valence-electron chi connectivity index (χ1n) is 7.27. The number of benzene rings is 2. The fourth-order valence-corrected chi connectivity index (χ4v) is 3.13. The molecule has 1 aromatic heterocycles. The van der Waals surface area contributed by atoms with E-state index in [0.717, 1.165) is 15.7 Å². The Morgan fingerprint density at radius 2 is 2.12 bits per heavy atom. The molecule has 0 fully saturated rings. The van der Waals surface area contributed by atoms with Crippen LogP contribution < -0.4 is 4.90 Å². The Hall–Kier alpha value is -2.54. The SMILES string of the molecule is O=C1Cc2cc(Br)ccc2N1Cc1nc(-c2cccc(F)c2)no1. The van der Waals surface area contributed by atoms with Gasteiger partial charge in [0.05, 0.1) is 6.42 Å². The Balaban J connectivity index is 1.60. The predicted molar refractivity (Wildman–Crippen MR) is 88.7 cm³/mol. The maximum Gasteiger partial charge on any atom is 0.247 e. The summed E-state index contributed by atoms with van der Waals surface area (Å²) in [5.74, 6) is 0.215. The molecule has 120 valence electrons. The first-order valence-corrected chi connectivity index (χ1v) is 8.07. The van der Waals surface area contributed by atoms with E-state index in [1.165, 1.54) is 12.1 Å². The third-order valence-corrected chi connectivity index (χ3v) is 4.31. The summed E-state index contributed by atoms with van der Waals surface area (Å²) in [4.78, 5) is 18.1. The predicted octanol–water partition coefficient (Wildman–Crippen LogP) is 3.73. The number of hydrogen-bond donors (Lipinski definition) is 0. The molecule has 1 amide bonds. The molecule has 1 aliphatic rings. The smallest absolute Gasteiger partial charge is 0.247 e. The van der Waals surface area contributed by atoms with E-state index >= 15 is 0 Å². The quantitative estimate of drug-likeness (QED) is 0.686. The molecule has 0 N–H and O–H groups in total. The number of carbonyl (C=O) groups is 1. The minimum Gasteiger partial charge on any atom is -0.337 e. The second-order valence-corrected chi connectivity index (χ2v) is 6.37. The first kappa shape index (κ1) is 15.0. The number of carbonyl (C=O) groups excluding carboxylic acids is 1. The molecule has 0 bridgehead atoms. The molecule has 1 aliphatic heterocycles. The molecule has 24 heavy (non-hydrogen) atoms. The summed E-state index contributed by atoms with van der Waals surface area (Å²) in [6.45, 7) is 0.190. The summed E-state index contributed by atoms with van der Waals surface area (Å²) in [5, 5.41) is 3.87. The molecular weight excluding hydrogens is 377 g/mol. The van der Waals surface area contributed by atoms with Gasteiger partial charge in [0, 0.05) is 15.7 Å².